The minimum absolute atomic E-state index is 0.561. The molecule has 0 N–H and O–H groups in total. The van der Waals surface area contributed by atoms with Gasteiger partial charge in [-0.2, -0.15) is 5.26 Å². The Balaban J connectivity index is 2.74. The lowest BCUT2D eigenvalue weighted by molar-refractivity contribution is 0.820. The van der Waals surface area contributed by atoms with Crippen LogP contribution in [0.5, 0.6) is 0 Å². The Hall–Kier alpha value is -1.08. The molecule has 0 aliphatic heterocycles. The van der Waals surface area contributed by atoms with E-state index in [-0.39, 0.29) is 0 Å². The highest BCUT2D eigenvalue weighted by molar-refractivity contribution is 7.15. The second kappa shape index (κ2) is 4.97. The molecule has 0 aromatic carbocycles. The van der Waals surface area contributed by atoms with Gasteiger partial charge in [0.15, 0.2) is 5.13 Å². The number of nitrogens with zero attached hydrogens (tertiary/aromatic N) is 3. The monoisotopic (exact) mass is 209 g/mol. The zero-order chi connectivity index (χ0) is 10.6. The second-order valence-corrected chi connectivity index (χ2v) is 4.31. The summed E-state index contributed by atoms with van der Waals surface area (Å²) in [6, 6.07) is 2.16. The lowest BCUT2D eigenvalue weighted by Crippen LogP contribution is -2.23. The molecule has 0 fully saturated rings. The van der Waals surface area contributed by atoms with Crippen LogP contribution in [0.2, 0.25) is 0 Å². The average molecular weight is 209 g/mol. The molecule has 0 saturated carbocycles. The molecule has 1 aromatic rings. The number of thiazole rings is 1. The molecular formula is C10H15N3S. The number of aryl methyl sites for hydroxylation is 2. The van der Waals surface area contributed by atoms with Crippen molar-refractivity contribution in [3.8, 4) is 6.07 Å². The van der Waals surface area contributed by atoms with Crippen LogP contribution in [0, 0.1) is 25.2 Å². The fourth-order valence-corrected chi connectivity index (χ4v) is 2.16. The summed E-state index contributed by atoms with van der Waals surface area (Å²) in [6.45, 7) is 7.87. The zero-order valence-corrected chi connectivity index (χ0v) is 9.69. The van der Waals surface area contributed by atoms with Crippen LogP contribution >= 0.6 is 11.3 Å². The molecule has 14 heavy (non-hydrogen) atoms. The Morgan fingerprint density at radius 3 is 2.64 bits per heavy atom. The molecule has 0 atom stereocenters. The van der Waals surface area contributed by atoms with Crippen LogP contribution in [0.25, 0.3) is 0 Å². The van der Waals surface area contributed by atoms with Crippen molar-refractivity contribution >= 4 is 16.5 Å². The van der Waals surface area contributed by atoms with E-state index in [1.54, 1.807) is 11.3 Å². The molecule has 0 unspecified atom stereocenters. The van der Waals surface area contributed by atoms with Crippen LogP contribution in [0.4, 0.5) is 5.13 Å². The number of hydrogen-bond donors (Lipinski definition) is 0. The lowest BCUT2D eigenvalue weighted by atomic mass is 10.4. The number of aromatic nitrogens is 1. The molecule has 0 saturated heterocycles. The molecule has 0 aliphatic carbocycles. The highest BCUT2D eigenvalue weighted by atomic mass is 32.1. The Labute approximate surface area is 89.0 Å². The van der Waals surface area contributed by atoms with Crippen LogP contribution in [-0.2, 0) is 0 Å². The van der Waals surface area contributed by atoms with Crippen LogP contribution in [0.1, 0.15) is 23.9 Å². The molecule has 0 aliphatic rings. The van der Waals surface area contributed by atoms with Gasteiger partial charge in [-0.1, -0.05) is 0 Å². The standard InChI is InChI=1S/C10H15N3S/c1-4-13(7-5-6-11)10-12-8(2)9(3)14-10/h4-5,7H2,1-3H3. The topological polar surface area (TPSA) is 39.9 Å². The van der Waals surface area contributed by atoms with Gasteiger partial charge in [-0.15, -0.1) is 11.3 Å². The molecule has 0 radical (unpaired) electrons. The SMILES string of the molecule is CCN(CCC#N)c1nc(C)c(C)s1. The average Bonchev–Trinajstić information content (AvgIpc) is 2.48. The molecule has 1 heterocycles. The van der Waals surface area contributed by atoms with Gasteiger partial charge in [0.05, 0.1) is 18.2 Å². The summed E-state index contributed by atoms with van der Waals surface area (Å²) in [4.78, 5) is 7.88. The predicted molar refractivity (Wildman–Crippen MR) is 59.7 cm³/mol. The van der Waals surface area contributed by atoms with Gasteiger partial charge < -0.3 is 4.90 Å². The molecule has 4 heteroatoms. The first-order valence-electron chi connectivity index (χ1n) is 4.75. The summed E-state index contributed by atoms with van der Waals surface area (Å²) in [7, 11) is 0. The summed E-state index contributed by atoms with van der Waals surface area (Å²) >= 11 is 1.70. The Morgan fingerprint density at radius 1 is 1.50 bits per heavy atom. The maximum absolute atomic E-state index is 8.52. The van der Waals surface area contributed by atoms with Crippen molar-refractivity contribution in [1.82, 2.24) is 4.98 Å². The number of rotatable bonds is 4. The number of anilines is 1. The van der Waals surface area contributed by atoms with Gasteiger partial charge in [0.2, 0.25) is 0 Å². The van der Waals surface area contributed by atoms with E-state index < -0.39 is 0 Å². The van der Waals surface area contributed by atoms with Crippen molar-refractivity contribution in [3.05, 3.63) is 10.6 Å². The van der Waals surface area contributed by atoms with Gasteiger partial charge in [-0.25, -0.2) is 4.98 Å². The normalized spacial score (nSPS) is 9.86. The first-order chi connectivity index (χ1) is 6.69. The summed E-state index contributed by atoms with van der Waals surface area (Å²) in [5, 5.41) is 9.56. The molecule has 76 valence electrons. The van der Waals surface area contributed by atoms with E-state index >= 15 is 0 Å². The molecule has 0 spiro atoms. The quantitative estimate of drug-likeness (QED) is 0.765. The van der Waals surface area contributed by atoms with E-state index in [4.69, 9.17) is 5.26 Å². The fraction of sp³-hybridized carbons (Fsp3) is 0.600. The van der Waals surface area contributed by atoms with Crippen molar-refractivity contribution in [1.29, 1.82) is 5.26 Å². The molecule has 1 aromatic heterocycles. The van der Waals surface area contributed by atoms with E-state index in [2.05, 4.69) is 29.8 Å². The maximum atomic E-state index is 8.52. The van der Waals surface area contributed by atoms with E-state index in [0.29, 0.717) is 6.42 Å². The maximum Gasteiger partial charge on any atom is 0.185 e. The van der Waals surface area contributed by atoms with Crippen LogP contribution in [0.3, 0.4) is 0 Å². The molecular weight excluding hydrogens is 194 g/mol. The van der Waals surface area contributed by atoms with Gasteiger partial charge in [0.25, 0.3) is 0 Å². The van der Waals surface area contributed by atoms with E-state index in [0.717, 1.165) is 23.9 Å². The third-order valence-electron chi connectivity index (χ3n) is 2.16. The molecule has 0 amide bonds. The first kappa shape index (κ1) is 11.0. The Morgan fingerprint density at radius 2 is 2.21 bits per heavy atom. The number of nitriles is 1. The van der Waals surface area contributed by atoms with Gasteiger partial charge in [-0.05, 0) is 20.8 Å². The van der Waals surface area contributed by atoms with Crippen molar-refractivity contribution in [2.75, 3.05) is 18.0 Å². The smallest absolute Gasteiger partial charge is 0.185 e. The lowest BCUT2D eigenvalue weighted by Gasteiger charge is -2.17. The summed E-state index contributed by atoms with van der Waals surface area (Å²) in [6.07, 6.45) is 0.561. The predicted octanol–water partition coefficient (Wildman–Crippen LogP) is 2.50. The largest absolute Gasteiger partial charge is 0.347 e. The van der Waals surface area contributed by atoms with Gasteiger partial charge >= 0.3 is 0 Å². The summed E-state index contributed by atoms with van der Waals surface area (Å²) in [5.74, 6) is 0. The van der Waals surface area contributed by atoms with Crippen LogP contribution < -0.4 is 4.90 Å². The highest BCUT2D eigenvalue weighted by Crippen LogP contribution is 2.24. The van der Waals surface area contributed by atoms with Gasteiger partial charge in [0, 0.05) is 18.0 Å². The van der Waals surface area contributed by atoms with Crippen LogP contribution in [0.15, 0.2) is 0 Å². The van der Waals surface area contributed by atoms with Crippen molar-refractivity contribution in [3.63, 3.8) is 0 Å². The Kier molecular flexibility index (Phi) is 3.90. The molecule has 0 bridgehead atoms. The minimum atomic E-state index is 0.561. The third kappa shape index (κ3) is 2.46. The Bertz CT molecular complexity index is 318. The van der Waals surface area contributed by atoms with E-state index in [1.165, 1.54) is 4.88 Å². The highest BCUT2D eigenvalue weighted by Gasteiger charge is 2.09. The molecule has 3 nitrogen and oxygen atoms in total. The zero-order valence-electron chi connectivity index (χ0n) is 8.87. The van der Waals surface area contributed by atoms with Gasteiger partial charge in [-0.3, -0.25) is 0 Å². The van der Waals surface area contributed by atoms with E-state index in [9.17, 15) is 0 Å². The van der Waals surface area contributed by atoms with Crippen molar-refractivity contribution in [2.45, 2.75) is 27.2 Å². The molecule has 1 rings (SSSR count). The summed E-state index contributed by atoms with van der Waals surface area (Å²) in [5.41, 5.74) is 1.10. The summed E-state index contributed by atoms with van der Waals surface area (Å²) < 4.78 is 0. The number of hydrogen-bond acceptors (Lipinski definition) is 4. The van der Waals surface area contributed by atoms with Crippen LogP contribution in [-0.4, -0.2) is 18.1 Å². The first-order valence-corrected chi connectivity index (χ1v) is 5.56. The third-order valence-corrected chi connectivity index (χ3v) is 3.30. The van der Waals surface area contributed by atoms with Crippen molar-refractivity contribution in [2.24, 2.45) is 0 Å². The fourth-order valence-electron chi connectivity index (χ4n) is 1.17. The minimum Gasteiger partial charge on any atom is -0.347 e. The van der Waals surface area contributed by atoms with Crippen molar-refractivity contribution < 1.29 is 0 Å². The second-order valence-electron chi connectivity index (χ2n) is 3.13. The van der Waals surface area contributed by atoms with E-state index in [1.807, 2.05) is 6.92 Å². The van der Waals surface area contributed by atoms with Gasteiger partial charge in [0.1, 0.15) is 0 Å².